The zero-order valence-corrected chi connectivity index (χ0v) is 14.5. The van der Waals surface area contributed by atoms with Gasteiger partial charge in [-0.2, -0.15) is 5.10 Å². The number of nitrogens with two attached hydrogens (primary N) is 1. The van der Waals surface area contributed by atoms with Crippen molar-refractivity contribution in [3.8, 4) is 0 Å². The lowest BCUT2D eigenvalue weighted by Crippen LogP contribution is -2.25. The summed E-state index contributed by atoms with van der Waals surface area (Å²) in [5, 5.41) is 4.18. The van der Waals surface area contributed by atoms with Gasteiger partial charge >= 0.3 is 0 Å². The second kappa shape index (κ2) is 11.2. The minimum absolute atomic E-state index is 0.178. The molecular formula is C17H28N4S. The van der Waals surface area contributed by atoms with E-state index < -0.39 is 0 Å². The van der Waals surface area contributed by atoms with Crippen LogP contribution in [0.4, 0.5) is 0 Å². The maximum Gasteiger partial charge on any atom is 0.184 e. The van der Waals surface area contributed by atoms with Gasteiger partial charge in [0, 0.05) is 6.54 Å². The number of rotatable bonds is 10. The molecule has 0 atom stereocenters. The van der Waals surface area contributed by atoms with E-state index in [0.29, 0.717) is 0 Å². The van der Waals surface area contributed by atoms with Crippen molar-refractivity contribution in [3.05, 3.63) is 35.4 Å². The zero-order valence-electron chi connectivity index (χ0n) is 13.7. The van der Waals surface area contributed by atoms with E-state index in [1.165, 1.54) is 31.2 Å². The summed E-state index contributed by atoms with van der Waals surface area (Å²) >= 11 is 4.72. The summed E-state index contributed by atoms with van der Waals surface area (Å²) in [4.78, 5) is 2.54. The second-order valence-electron chi connectivity index (χ2n) is 5.46. The Morgan fingerprint density at radius 3 is 2.55 bits per heavy atom. The lowest BCUT2D eigenvalue weighted by Gasteiger charge is -2.22. The summed E-state index contributed by atoms with van der Waals surface area (Å²) < 4.78 is 0. The van der Waals surface area contributed by atoms with Crippen molar-refractivity contribution < 1.29 is 0 Å². The fourth-order valence-electron chi connectivity index (χ4n) is 2.23. The monoisotopic (exact) mass is 320 g/mol. The van der Waals surface area contributed by atoms with Gasteiger partial charge in [-0.1, -0.05) is 44.9 Å². The maximum absolute atomic E-state index is 5.35. The molecule has 4 nitrogen and oxygen atoms in total. The highest BCUT2D eigenvalue weighted by molar-refractivity contribution is 7.80. The van der Waals surface area contributed by atoms with E-state index in [1.807, 2.05) is 6.07 Å². The highest BCUT2D eigenvalue weighted by atomic mass is 32.1. The molecule has 0 radical (unpaired) electrons. The normalized spacial score (nSPS) is 11.2. The molecule has 0 spiro atoms. The lowest BCUT2D eigenvalue weighted by atomic mass is 10.1. The molecule has 0 aliphatic rings. The molecule has 22 heavy (non-hydrogen) atoms. The Bertz CT molecular complexity index is 465. The van der Waals surface area contributed by atoms with Crippen molar-refractivity contribution in [1.29, 1.82) is 0 Å². The molecule has 5 heteroatoms. The van der Waals surface area contributed by atoms with Gasteiger partial charge in [0.2, 0.25) is 0 Å². The predicted octanol–water partition coefficient (Wildman–Crippen LogP) is 3.26. The fraction of sp³-hybridized carbons (Fsp3) is 0.529. The lowest BCUT2D eigenvalue weighted by molar-refractivity contribution is 0.257. The van der Waals surface area contributed by atoms with Crippen molar-refractivity contribution in [2.45, 2.75) is 46.1 Å². The van der Waals surface area contributed by atoms with Crippen LogP contribution < -0.4 is 11.2 Å². The van der Waals surface area contributed by atoms with Crippen LogP contribution in [0.1, 0.15) is 50.7 Å². The van der Waals surface area contributed by atoms with Crippen LogP contribution in [-0.4, -0.2) is 29.3 Å². The van der Waals surface area contributed by atoms with Crippen LogP contribution in [0, 0.1) is 0 Å². The van der Waals surface area contributed by atoms with Crippen LogP contribution >= 0.6 is 12.2 Å². The number of nitrogens with one attached hydrogen (secondary N) is 1. The molecule has 1 aromatic rings. The molecule has 0 bridgehead atoms. The number of hydrogen-bond acceptors (Lipinski definition) is 3. The van der Waals surface area contributed by atoms with Crippen LogP contribution in [0.2, 0.25) is 0 Å². The van der Waals surface area contributed by atoms with Gasteiger partial charge in [-0.25, -0.2) is 0 Å². The first-order chi connectivity index (χ1) is 10.7. The fourth-order valence-corrected chi connectivity index (χ4v) is 2.29. The van der Waals surface area contributed by atoms with Gasteiger partial charge in [-0.3, -0.25) is 10.3 Å². The van der Waals surface area contributed by atoms with E-state index >= 15 is 0 Å². The first-order valence-electron chi connectivity index (χ1n) is 8.05. The molecule has 0 aliphatic heterocycles. The van der Waals surface area contributed by atoms with Crippen molar-refractivity contribution in [3.63, 3.8) is 0 Å². The molecule has 0 saturated heterocycles. The van der Waals surface area contributed by atoms with Crippen molar-refractivity contribution >= 4 is 23.5 Å². The summed E-state index contributed by atoms with van der Waals surface area (Å²) in [6.07, 6.45) is 6.72. The largest absolute Gasteiger partial charge is 0.375 e. The number of hydrazone groups is 1. The minimum atomic E-state index is 0.178. The SMILES string of the molecule is CCCCN(CCCC)Cc1cccc(C=NNC(N)=S)c1. The number of hydrogen-bond donors (Lipinski definition) is 2. The zero-order chi connectivity index (χ0) is 16.2. The quantitative estimate of drug-likeness (QED) is 0.395. The Balaban J connectivity index is 2.64. The maximum atomic E-state index is 5.35. The van der Waals surface area contributed by atoms with Crippen LogP contribution in [-0.2, 0) is 6.54 Å². The predicted molar refractivity (Wildman–Crippen MR) is 99.1 cm³/mol. The Morgan fingerprint density at radius 1 is 1.27 bits per heavy atom. The third-order valence-corrected chi connectivity index (χ3v) is 3.49. The van der Waals surface area contributed by atoms with E-state index in [9.17, 15) is 0 Å². The highest BCUT2D eigenvalue weighted by Crippen LogP contribution is 2.09. The number of benzene rings is 1. The van der Waals surface area contributed by atoms with Crippen LogP contribution in [0.3, 0.4) is 0 Å². The van der Waals surface area contributed by atoms with Gasteiger partial charge in [-0.15, -0.1) is 0 Å². The third kappa shape index (κ3) is 8.10. The molecular weight excluding hydrogens is 292 g/mol. The molecule has 122 valence electrons. The summed E-state index contributed by atoms with van der Waals surface area (Å²) in [7, 11) is 0. The van der Waals surface area contributed by atoms with Crippen molar-refractivity contribution in [1.82, 2.24) is 10.3 Å². The average Bonchev–Trinajstić information content (AvgIpc) is 2.50. The van der Waals surface area contributed by atoms with E-state index in [1.54, 1.807) is 6.21 Å². The molecule has 0 aliphatic carbocycles. The van der Waals surface area contributed by atoms with E-state index in [-0.39, 0.29) is 5.11 Å². The first-order valence-corrected chi connectivity index (χ1v) is 8.46. The summed E-state index contributed by atoms with van der Waals surface area (Å²) in [5.74, 6) is 0. The van der Waals surface area contributed by atoms with Gasteiger partial charge in [0.25, 0.3) is 0 Å². The van der Waals surface area contributed by atoms with Crippen LogP contribution in [0.25, 0.3) is 0 Å². The molecule has 1 rings (SSSR count). The van der Waals surface area contributed by atoms with Gasteiger partial charge in [0.1, 0.15) is 0 Å². The van der Waals surface area contributed by atoms with Crippen molar-refractivity contribution in [2.75, 3.05) is 13.1 Å². The first kappa shape index (κ1) is 18.6. The Morgan fingerprint density at radius 2 is 1.95 bits per heavy atom. The molecule has 0 aromatic heterocycles. The van der Waals surface area contributed by atoms with Crippen LogP contribution in [0.15, 0.2) is 29.4 Å². The van der Waals surface area contributed by atoms with Gasteiger partial charge in [-0.05, 0) is 55.3 Å². The minimum Gasteiger partial charge on any atom is -0.375 e. The van der Waals surface area contributed by atoms with Crippen LogP contribution in [0.5, 0.6) is 0 Å². The van der Waals surface area contributed by atoms with E-state index in [4.69, 9.17) is 18.0 Å². The highest BCUT2D eigenvalue weighted by Gasteiger charge is 2.05. The number of nitrogens with zero attached hydrogens (tertiary/aromatic N) is 2. The second-order valence-corrected chi connectivity index (χ2v) is 5.90. The van der Waals surface area contributed by atoms with Crippen molar-refractivity contribution in [2.24, 2.45) is 10.8 Å². The molecule has 0 unspecified atom stereocenters. The molecule has 1 aromatic carbocycles. The average molecular weight is 321 g/mol. The van der Waals surface area contributed by atoms with Gasteiger partial charge < -0.3 is 5.73 Å². The molecule has 0 amide bonds. The Kier molecular flexibility index (Phi) is 9.42. The van der Waals surface area contributed by atoms with Gasteiger partial charge in [0.05, 0.1) is 6.21 Å². The summed E-state index contributed by atoms with van der Waals surface area (Å²) in [6.45, 7) is 7.80. The molecule has 3 N–H and O–H groups in total. The van der Waals surface area contributed by atoms with E-state index in [2.05, 4.69) is 47.5 Å². The molecule has 0 saturated carbocycles. The molecule has 0 heterocycles. The van der Waals surface area contributed by atoms with E-state index in [0.717, 1.165) is 25.2 Å². The summed E-state index contributed by atoms with van der Waals surface area (Å²) in [5.41, 5.74) is 10.3. The number of unbranched alkanes of at least 4 members (excludes halogenated alkanes) is 2. The molecule has 0 fully saturated rings. The smallest absolute Gasteiger partial charge is 0.184 e. The summed E-state index contributed by atoms with van der Waals surface area (Å²) in [6, 6.07) is 8.42. The number of thiocarbonyl (C=S) groups is 1. The van der Waals surface area contributed by atoms with Gasteiger partial charge in [0.15, 0.2) is 5.11 Å². The topological polar surface area (TPSA) is 53.6 Å². The Hall–Kier alpha value is -1.46. The standard InChI is InChI=1S/C17H28N4S/c1-3-5-10-21(11-6-4-2)14-16-9-7-8-15(12-16)13-19-20-17(18)22/h7-9,12-13H,3-6,10-11,14H2,1-2H3,(H3,18,20,22). The third-order valence-electron chi connectivity index (χ3n) is 3.40. The Labute approximate surface area is 139 Å².